The third-order valence-corrected chi connectivity index (χ3v) is 2.51. The summed E-state index contributed by atoms with van der Waals surface area (Å²) < 4.78 is 5.62. The average Bonchev–Trinajstić information content (AvgIpc) is 2.69. The molecule has 0 bridgehead atoms. The molecule has 0 aliphatic carbocycles. The van der Waals surface area contributed by atoms with Crippen LogP contribution in [-0.4, -0.2) is 29.2 Å². The summed E-state index contributed by atoms with van der Waals surface area (Å²) >= 11 is 5.84. The first-order valence-electron chi connectivity index (χ1n) is 4.64. The Labute approximate surface area is 99.8 Å². The minimum Gasteiger partial charge on any atom is -0.370 e. The Morgan fingerprint density at radius 3 is 2.93 bits per heavy atom. The quantitative estimate of drug-likeness (QED) is 0.881. The van der Waals surface area contributed by atoms with Gasteiger partial charge in [0.1, 0.15) is 5.69 Å². The van der Waals surface area contributed by atoms with Crippen molar-refractivity contribution in [2.45, 2.75) is 19.1 Å². The lowest BCUT2D eigenvalue weighted by Gasteiger charge is -2.09. The van der Waals surface area contributed by atoms with Gasteiger partial charge >= 0.3 is 0 Å². The predicted molar refractivity (Wildman–Crippen MR) is 60.4 cm³/mol. The average molecular weight is 250 g/mol. The molecule has 2 heterocycles. The van der Waals surface area contributed by atoms with Crippen molar-refractivity contribution in [3.05, 3.63) is 23.2 Å². The highest BCUT2D eigenvalue weighted by Gasteiger charge is 2.15. The van der Waals surface area contributed by atoms with E-state index < -0.39 is 0 Å². The number of hydrogen-bond acceptors (Lipinski definition) is 4. The van der Waals surface area contributed by atoms with Crippen molar-refractivity contribution in [1.82, 2.24) is 15.3 Å². The SMILES string of the molecule is Cl.Clc1nccnc1COC1CCNC1. The lowest BCUT2D eigenvalue weighted by molar-refractivity contribution is 0.0521. The van der Waals surface area contributed by atoms with Gasteiger partial charge in [-0.25, -0.2) is 4.98 Å². The molecule has 1 aromatic heterocycles. The predicted octanol–water partition coefficient (Wildman–Crippen LogP) is 1.43. The van der Waals surface area contributed by atoms with Crippen molar-refractivity contribution >= 4 is 24.0 Å². The Morgan fingerprint density at radius 2 is 2.27 bits per heavy atom. The van der Waals surface area contributed by atoms with Crippen LogP contribution in [0.25, 0.3) is 0 Å². The van der Waals surface area contributed by atoms with Crippen LogP contribution in [0.1, 0.15) is 12.1 Å². The summed E-state index contributed by atoms with van der Waals surface area (Å²) in [5, 5.41) is 3.66. The van der Waals surface area contributed by atoms with E-state index in [0.29, 0.717) is 17.5 Å². The third kappa shape index (κ3) is 3.57. The van der Waals surface area contributed by atoms with Crippen molar-refractivity contribution in [2.24, 2.45) is 0 Å². The van der Waals surface area contributed by atoms with Gasteiger partial charge in [0.2, 0.25) is 0 Å². The lowest BCUT2D eigenvalue weighted by atomic mass is 10.3. The Hall–Kier alpha value is -0.420. The first-order chi connectivity index (χ1) is 6.86. The number of nitrogens with one attached hydrogen (secondary N) is 1. The van der Waals surface area contributed by atoms with Crippen LogP contribution in [0.4, 0.5) is 0 Å². The number of rotatable bonds is 3. The van der Waals surface area contributed by atoms with E-state index in [9.17, 15) is 0 Å². The van der Waals surface area contributed by atoms with Gasteiger partial charge in [0.05, 0.1) is 12.7 Å². The molecule has 1 aliphatic rings. The largest absolute Gasteiger partial charge is 0.370 e. The molecule has 84 valence electrons. The van der Waals surface area contributed by atoms with Crippen LogP contribution in [0.5, 0.6) is 0 Å². The minimum absolute atomic E-state index is 0. The van der Waals surface area contributed by atoms with Crippen molar-refractivity contribution in [2.75, 3.05) is 13.1 Å². The molecule has 1 aromatic rings. The topological polar surface area (TPSA) is 47.0 Å². The maximum Gasteiger partial charge on any atom is 0.152 e. The second-order valence-electron chi connectivity index (χ2n) is 3.22. The molecule has 0 spiro atoms. The highest BCUT2D eigenvalue weighted by Crippen LogP contribution is 2.12. The van der Waals surface area contributed by atoms with E-state index in [-0.39, 0.29) is 18.5 Å². The van der Waals surface area contributed by atoms with Gasteiger partial charge in [-0.05, 0) is 13.0 Å². The molecule has 1 N–H and O–H groups in total. The van der Waals surface area contributed by atoms with Crippen LogP contribution in [-0.2, 0) is 11.3 Å². The Morgan fingerprint density at radius 1 is 1.47 bits per heavy atom. The summed E-state index contributed by atoms with van der Waals surface area (Å²) in [4.78, 5) is 8.03. The van der Waals surface area contributed by atoms with E-state index in [0.717, 1.165) is 19.5 Å². The number of nitrogens with zero attached hydrogens (tertiary/aromatic N) is 2. The van der Waals surface area contributed by atoms with Crippen molar-refractivity contribution in [3.63, 3.8) is 0 Å². The molecule has 1 fully saturated rings. The highest BCUT2D eigenvalue weighted by molar-refractivity contribution is 6.29. The van der Waals surface area contributed by atoms with Gasteiger partial charge in [0, 0.05) is 18.9 Å². The molecule has 2 rings (SSSR count). The molecule has 0 radical (unpaired) electrons. The first-order valence-corrected chi connectivity index (χ1v) is 5.02. The van der Waals surface area contributed by atoms with E-state index in [1.807, 2.05) is 0 Å². The molecule has 1 atom stereocenters. The standard InChI is InChI=1S/C9H12ClN3O.ClH/c10-9-8(12-3-4-13-9)6-14-7-1-2-11-5-7;/h3-4,7,11H,1-2,5-6H2;1H. The van der Waals surface area contributed by atoms with Crippen LogP contribution < -0.4 is 5.32 Å². The number of aromatic nitrogens is 2. The second kappa shape index (κ2) is 6.23. The van der Waals surface area contributed by atoms with Crippen molar-refractivity contribution < 1.29 is 4.74 Å². The summed E-state index contributed by atoms with van der Waals surface area (Å²) in [6.07, 6.45) is 4.53. The van der Waals surface area contributed by atoms with Gasteiger partial charge in [0.15, 0.2) is 5.15 Å². The van der Waals surface area contributed by atoms with Gasteiger partial charge in [0.25, 0.3) is 0 Å². The van der Waals surface area contributed by atoms with Crippen LogP contribution in [0.3, 0.4) is 0 Å². The van der Waals surface area contributed by atoms with Gasteiger partial charge < -0.3 is 10.1 Å². The Kier molecular flexibility index (Phi) is 5.25. The molecule has 0 amide bonds. The van der Waals surface area contributed by atoms with E-state index in [1.165, 1.54) is 0 Å². The molecular weight excluding hydrogens is 237 g/mol. The van der Waals surface area contributed by atoms with E-state index in [4.69, 9.17) is 16.3 Å². The minimum atomic E-state index is 0. The van der Waals surface area contributed by atoms with Crippen molar-refractivity contribution in [3.8, 4) is 0 Å². The highest BCUT2D eigenvalue weighted by atomic mass is 35.5. The molecule has 1 saturated heterocycles. The zero-order valence-corrected chi connectivity index (χ0v) is 9.72. The fourth-order valence-corrected chi connectivity index (χ4v) is 1.57. The monoisotopic (exact) mass is 249 g/mol. The lowest BCUT2D eigenvalue weighted by Crippen LogP contribution is -2.17. The van der Waals surface area contributed by atoms with E-state index >= 15 is 0 Å². The zero-order chi connectivity index (χ0) is 9.80. The summed E-state index contributed by atoms with van der Waals surface area (Å²) in [6.45, 7) is 2.38. The maximum absolute atomic E-state index is 5.84. The van der Waals surface area contributed by atoms with Gasteiger partial charge in [-0.2, -0.15) is 0 Å². The molecule has 6 heteroatoms. The van der Waals surface area contributed by atoms with E-state index in [1.54, 1.807) is 12.4 Å². The fraction of sp³-hybridized carbons (Fsp3) is 0.556. The number of halogens is 2. The van der Waals surface area contributed by atoms with Gasteiger partial charge in [-0.3, -0.25) is 4.98 Å². The molecule has 1 aliphatic heterocycles. The maximum atomic E-state index is 5.84. The van der Waals surface area contributed by atoms with Gasteiger partial charge in [-0.15, -0.1) is 12.4 Å². The molecule has 15 heavy (non-hydrogen) atoms. The van der Waals surface area contributed by atoms with Crippen molar-refractivity contribution in [1.29, 1.82) is 0 Å². The van der Waals surface area contributed by atoms with Crippen LogP contribution in [0.2, 0.25) is 5.15 Å². The number of ether oxygens (including phenoxy) is 1. The van der Waals surface area contributed by atoms with Crippen LogP contribution in [0.15, 0.2) is 12.4 Å². The summed E-state index contributed by atoms with van der Waals surface area (Å²) in [6, 6.07) is 0. The van der Waals surface area contributed by atoms with Crippen LogP contribution in [0, 0.1) is 0 Å². The normalized spacial score (nSPS) is 19.9. The van der Waals surface area contributed by atoms with Gasteiger partial charge in [-0.1, -0.05) is 11.6 Å². The first kappa shape index (κ1) is 12.6. The number of hydrogen-bond donors (Lipinski definition) is 1. The second-order valence-corrected chi connectivity index (χ2v) is 3.58. The van der Waals surface area contributed by atoms with Crippen LogP contribution >= 0.6 is 24.0 Å². The summed E-state index contributed by atoms with van der Waals surface area (Å²) in [5.41, 5.74) is 0.709. The fourth-order valence-electron chi connectivity index (χ4n) is 1.41. The van der Waals surface area contributed by atoms with E-state index in [2.05, 4.69) is 15.3 Å². The molecule has 4 nitrogen and oxygen atoms in total. The molecule has 0 saturated carbocycles. The molecule has 1 unspecified atom stereocenters. The molecule has 0 aromatic carbocycles. The Bertz CT molecular complexity index is 305. The Balaban J connectivity index is 0.00000112. The molecular formula is C9H13Cl2N3O. The third-order valence-electron chi connectivity index (χ3n) is 2.19. The smallest absolute Gasteiger partial charge is 0.152 e. The summed E-state index contributed by atoms with van der Waals surface area (Å²) in [7, 11) is 0. The summed E-state index contributed by atoms with van der Waals surface area (Å²) in [5.74, 6) is 0. The zero-order valence-electron chi connectivity index (χ0n) is 8.15.